The lowest BCUT2D eigenvalue weighted by molar-refractivity contribution is 0.0788. The zero-order chi connectivity index (χ0) is 13.8. The van der Waals surface area contributed by atoms with Crippen LogP contribution in [0.15, 0.2) is 42.1 Å². The Labute approximate surface area is 117 Å². The van der Waals surface area contributed by atoms with Crippen molar-refractivity contribution in [2.75, 3.05) is 27.2 Å². The number of hydrogen-bond acceptors (Lipinski definition) is 3. The van der Waals surface area contributed by atoms with Gasteiger partial charge < -0.3 is 4.90 Å². The molecule has 4 atom stereocenters. The number of fused-ring (bicyclic) bond motifs is 1. The fourth-order valence-corrected chi connectivity index (χ4v) is 3.03. The van der Waals surface area contributed by atoms with E-state index in [-0.39, 0.29) is 0 Å². The van der Waals surface area contributed by atoms with E-state index in [1.54, 1.807) is 12.3 Å². The molecule has 1 heterocycles. The third kappa shape index (κ3) is 3.35. The van der Waals surface area contributed by atoms with Crippen LogP contribution in [-0.4, -0.2) is 49.4 Å². The van der Waals surface area contributed by atoms with Crippen LogP contribution in [0, 0.1) is 17.8 Å². The fraction of sp³-hybridized carbons (Fsp3) is 0.562. The minimum Gasteiger partial charge on any atom is -0.304 e. The zero-order valence-electron chi connectivity index (χ0n) is 12.2. The highest BCUT2D eigenvalue weighted by atomic mass is 15.5. The molecule has 0 aromatic rings. The lowest BCUT2D eigenvalue weighted by Crippen LogP contribution is -2.52. The lowest BCUT2D eigenvalue weighted by atomic mass is 9.82. The average Bonchev–Trinajstić information content (AvgIpc) is 2.57. The second kappa shape index (κ2) is 6.20. The molecule has 3 nitrogen and oxygen atoms in total. The Balaban J connectivity index is 2.21. The highest BCUT2D eigenvalue weighted by Crippen LogP contribution is 2.31. The van der Waals surface area contributed by atoms with Gasteiger partial charge in [-0.1, -0.05) is 37.8 Å². The molecule has 0 aromatic carbocycles. The van der Waals surface area contributed by atoms with Crippen molar-refractivity contribution in [3.8, 4) is 0 Å². The van der Waals surface area contributed by atoms with Crippen molar-refractivity contribution in [1.82, 2.24) is 9.91 Å². The van der Waals surface area contributed by atoms with Crippen LogP contribution in [0.5, 0.6) is 0 Å². The minimum atomic E-state index is 0.422. The van der Waals surface area contributed by atoms with Gasteiger partial charge in [-0.3, -0.25) is 5.01 Å². The maximum absolute atomic E-state index is 4.45. The summed E-state index contributed by atoms with van der Waals surface area (Å²) in [5.41, 5.74) is 0. The van der Waals surface area contributed by atoms with E-state index in [0.29, 0.717) is 23.8 Å². The first-order chi connectivity index (χ1) is 9.11. The van der Waals surface area contributed by atoms with Gasteiger partial charge >= 0.3 is 0 Å². The molecule has 0 aromatic heterocycles. The molecule has 0 amide bonds. The summed E-state index contributed by atoms with van der Waals surface area (Å²) in [5, 5.41) is 6.53. The van der Waals surface area contributed by atoms with Crippen LogP contribution >= 0.6 is 0 Å². The third-order valence-electron chi connectivity index (χ3n) is 4.09. The summed E-state index contributed by atoms with van der Waals surface area (Å²) >= 11 is 0. The summed E-state index contributed by atoms with van der Waals surface area (Å²) in [6, 6.07) is 0.422. The Morgan fingerprint density at radius 1 is 1.26 bits per heavy atom. The largest absolute Gasteiger partial charge is 0.304 e. The predicted molar refractivity (Wildman–Crippen MR) is 82.2 cm³/mol. The van der Waals surface area contributed by atoms with Crippen LogP contribution in [0.1, 0.15) is 6.92 Å². The molecule has 19 heavy (non-hydrogen) atoms. The first-order valence-corrected chi connectivity index (χ1v) is 7.05. The van der Waals surface area contributed by atoms with Crippen molar-refractivity contribution in [2.24, 2.45) is 22.9 Å². The fourth-order valence-electron chi connectivity index (χ4n) is 3.03. The van der Waals surface area contributed by atoms with Gasteiger partial charge in [0.05, 0.1) is 6.04 Å². The van der Waals surface area contributed by atoms with E-state index in [0.717, 1.165) is 13.1 Å². The Kier molecular flexibility index (Phi) is 4.59. The van der Waals surface area contributed by atoms with Crippen molar-refractivity contribution < 1.29 is 0 Å². The Hall–Kier alpha value is -1.35. The zero-order valence-corrected chi connectivity index (χ0v) is 12.2. The normalized spacial score (nSPS) is 35.1. The molecule has 1 saturated heterocycles. The number of hydrogen-bond donors (Lipinski definition) is 0. The molecule has 0 radical (unpaired) electrons. The predicted octanol–water partition coefficient (Wildman–Crippen LogP) is 2.40. The molecule has 0 bridgehead atoms. The molecule has 1 aliphatic carbocycles. The summed E-state index contributed by atoms with van der Waals surface area (Å²) in [6.07, 6.45) is 12.9. The molecular formula is C16H25N3. The van der Waals surface area contributed by atoms with E-state index in [1.807, 2.05) is 0 Å². The highest BCUT2D eigenvalue weighted by molar-refractivity contribution is 5.69. The molecular weight excluding hydrogens is 234 g/mol. The van der Waals surface area contributed by atoms with Crippen molar-refractivity contribution >= 4 is 6.21 Å². The van der Waals surface area contributed by atoms with Crippen molar-refractivity contribution in [3.05, 3.63) is 37.0 Å². The van der Waals surface area contributed by atoms with Crippen molar-refractivity contribution in [3.63, 3.8) is 0 Å². The standard InChI is InChI=1S/C16H25N3/c1-5-10-17-19(4)16-12-18(3)11-14-8-6-13(2)7-9-15(14)16/h5-10,13-16H,1,11-12H2,2-4H3/b17-10-/t13-,14?,15?,16?/m0/s1. The first kappa shape index (κ1) is 14.1. The average molecular weight is 259 g/mol. The number of likely N-dealkylation sites (tertiary alicyclic amines) is 1. The van der Waals surface area contributed by atoms with E-state index in [1.165, 1.54) is 0 Å². The Morgan fingerprint density at radius 2 is 2.00 bits per heavy atom. The number of rotatable bonds is 3. The molecule has 0 saturated carbocycles. The van der Waals surface area contributed by atoms with Crippen molar-refractivity contribution in [1.29, 1.82) is 0 Å². The summed E-state index contributed by atoms with van der Waals surface area (Å²) in [4.78, 5) is 2.40. The van der Waals surface area contributed by atoms with Gasteiger partial charge in [0.25, 0.3) is 0 Å². The van der Waals surface area contributed by atoms with Gasteiger partial charge in [-0.2, -0.15) is 5.10 Å². The van der Waals surface area contributed by atoms with Gasteiger partial charge in [0.15, 0.2) is 0 Å². The van der Waals surface area contributed by atoms with Crippen LogP contribution in [0.4, 0.5) is 0 Å². The molecule has 3 unspecified atom stereocenters. The van der Waals surface area contributed by atoms with Gasteiger partial charge in [-0.15, -0.1) is 0 Å². The number of nitrogens with zero attached hydrogens (tertiary/aromatic N) is 3. The molecule has 104 valence electrons. The van der Waals surface area contributed by atoms with Gasteiger partial charge in [0, 0.05) is 32.3 Å². The summed E-state index contributed by atoms with van der Waals surface area (Å²) in [5.74, 6) is 1.68. The molecule has 1 fully saturated rings. The Morgan fingerprint density at radius 3 is 2.74 bits per heavy atom. The number of allylic oxidation sites excluding steroid dienone is 3. The van der Waals surface area contributed by atoms with Crippen LogP contribution < -0.4 is 0 Å². The Bertz CT molecular complexity index is 397. The highest BCUT2D eigenvalue weighted by Gasteiger charge is 2.35. The maximum Gasteiger partial charge on any atom is 0.0662 e. The van der Waals surface area contributed by atoms with E-state index in [4.69, 9.17) is 0 Å². The SMILES string of the molecule is C=C/C=N\N(C)C1CN(C)CC2C=C[C@H](C)C=CC21. The topological polar surface area (TPSA) is 18.8 Å². The van der Waals surface area contributed by atoms with E-state index in [2.05, 4.69) is 66.9 Å². The van der Waals surface area contributed by atoms with E-state index in [9.17, 15) is 0 Å². The molecule has 0 spiro atoms. The molecule has 2 aliphatic rings. The number of likely N-dealkylation sites (N-methyl/N-ethyl adjacent to an activating group) is 2. The number of hydrazone groups is 1. The van der Waals surface area contributed by atoms with Gasteiger partial charge in [0.1, 0.15) is 0 Å². The first-order valence-electron chi connectivity index (χ1n) is 7.05. The third-order valence-corrected chi connectivity index (χ3v) is 4.09. The summed E-state index contributed by atoms with van der Waals surface area (Å²) < 4.78 is 0. The second-order valence-electron chi connectivity index (χ2n) is 5.73. The van der Waals surface area contributed by atoms with Crippen LogP contribution in [-0.2, 0) is 0 Å². The van der Waals surface area contributed by atoms with Crippen LogP contribution in [0.25, 0.3) is 0 Å². The van der Waals surface area contributed by atoms with Gasteiger partial charge in [-0.25, -0.2) is 0 Å². The molecule has 3 heteroatoms. The van der Waals surface area contributed by atoms with E-state index < -0.39 is 0 Å². The van der Waals surface area contributed by atoms with Gasteiger partial charge in [-0.05, 0) is 25.0 Å². The van der Waals surface area contributed by atoms with Gasteiger partial charge in [0.2, 0.25) is 0 Å². The van der Waals surface area contributed by atoms with Crippen molar-refractivity contribution in [2.45, 2.75) is 13.0 Å². The molecule has 2 rings (SSSR count). The quantitative estimate of drug-likeness (QED) is 0.440. The van der Waals surface area contributed by atoms with E-state index >= 15 is 0 Å². The molecule has 1 aliphatic heterocycles. The minimum absolute atomic E-state index is 0.422. The lowest BCUT2D eigenvalue weighted by Gasteiger charge is -2.43. The summed E-state index contributed by atoms with van der Waals surface area (Å²) in [7, 11) is 4.26. The summed E-state index contributed by atoms with van der Waals surface area (Å²) in [6.45, 7) is 8.11. The maximum atomic E-state index is 4.45. The van der Waals surface area contributed by atoms with Crippen LogP contribution in [0.2, 0.25) is 0 Å². The second-order valence-corrected chi connectivity index (χ2v) is 5.73. The smallest absolute Gasteiger partial charge is 0.0662 e. The number of piperidine rings is 1. The monoisotopic (exact) mass is 259 g/mol. The molecule has 0 N–H and O–H groups in total. The van der Waals surface area contributed by atoms with Crippen LogP contribution in [0.3, 0.4) is 0 Å².